The zero-order valence-electron chi connectivity index (χ0n) is 16.1. The number of hydrazone groups is 1. The molecule has 2 aromatic rings. The van der Waals surface area contributed by atoms with Gasteiger partial charge in [-0.25, -0.2) is 5.43 Å². The molecule has 1 N–H and O–H groups in total. The number of nitrogens with zero attached hydrogens (tertiary/aromatic N) is 1. The second kappa shape index (κ2) is 10.3. The Morgan fingerprint density at radius 3 is 2.43 bits per heavy atom. The lowest BCUT2D eigenvalue weighted by molar-refractivity contribution is 0.0955. The summed E-state index contributed by atoms with van der Waals surface area (Å²) in [6.07, 6.45) is 9.33. The molecule has 0 unspecified atom stereocenters. The first-order chi connectivity index (χ1) is 13.7. The topological polar surface area (TPSA) is 59.9 Å². The molecule has 0 aliphatic heterocycles. The molecule has 0 aromatic heterocycles. The van der Waals surface area contributed by atoms with Gasteiger partial charge in [-0.3, -0.25) is 4.79 Å². The molecule has 0 saturated heterocycles. The van der Waals surface area contributed by atoms with E-state index < -0.39 is 0 Å². The highest BCUT2D eigenvalue weighted by molar-refractivity contribution is 5.94. The molecule has 1 aliphatic carbocycles. The monoisotopic (exact) mass is 378 g/mol. The van der Waals surface area contributed by atoms with Gasteiger partial charge in [-0.05, 0) is 74.1 Å². The summed E-state index contributed by atoms with van der Waals surface area (Å²) in [7, 11) is 0. The number of allylic oxidation sites excluding steroid dienone is 2. The maximum atomic E-state index is 12.2. The minimum atomic E-state index is -0.207. The molecule has 146 valence electrons. The van der Waals surface area contributed by atoms with Crippen molar-refractivity contribution in [2.24, 2.45) is 11.0 Å². The minimum Gasteiger partial charge on any atom is -0.494 e. The van der Waals surface area contributed by atoms with E-state index in [1.165, 1.54) is 0 Å². The van der Waals surface area contributed by atoms with E-state index >= 15 is 0 Å². The molecule has 0 heterocycles. The zero-order valence-corrected chi connectivity index (χ0v) is 16.1. The Hall–Kier alpha value is -3.08. The van der Waals surface area contributed by atoms with Gasteiger partial charge in [0.15, 0.2) is 0 Å². The lowest BCUT2D eigenvalue weighted by Crippen LogP contribution is -2.18. The van der Waals surface area contributed by atoms with E-state index in [0.717, 1.165) is 36.3 Å². The fourth-order valence-electron chi connectivity index (χ4n) is 2.94. The number of hydrogen-bond acceptors (Lipinski definition) is 4. The van der Waals surface area contributed by atoms with Crippen LogP contribution in [0.1, 0.15) is 42.1 Å². The number of carbonyl (C=O) groups is 1. The van der Waals surface area contributed by atoms with E-state index in [0.29, 0.717) is 24.7 Å². The van der Waals surface area contributed by atoms with E-state index in [-0.39, 0.29) is 5.91 Å². The molecule has 1 aliphatic rings. The Balaban J connectivity index is 1.46. The lowest BCUT2D eigenvalue weighted by atomic mass is 9.96. The quantitative estimate of drug-likeness (QED) is 0.410. The Kier molecular flexibility index (Phi) is 7.24. The first-order valence-corrected chi connectivity index (χ1v) is 9.67. The molecular weight excluding hydrogens is 352 g/mol. The van der Waals surface area contributed by atoms with Crippen LogP contribution in [0.25, 0.3) is 0 Å². The molecule has 3 rings (SSSR count). The van der Waals surface area contributed by atoms with Crippen molar-refractivity contribution in [1.82, 2.24) is 5.43 Å². The number of nitrogens with one attached hydrogen (secondary N) is 1. The molecule has 0 fully saturated rings. The fourth-order valence-corrected chi connectivity index (χ4v) is 2.94. The molecule has 1 amide bonds. The first-order valence-electron chi connectivity index (χ1n) is 9.67. The predicted octanol–water partition coefficient (Wildman–Crippen LogP) is 4.74. The Morgan fingerprint density at radius 2 is 1.79 bits per heavy atom. The van der Waals surface area contributed by atoms with E-state index in [1.807, 2.05) is 49.5 Å². The molecule has 0 bridgehead atoms. The Morgan fingerprint density at radius 1 is 1.07 bits per heavy atom. The van der Waals surface area contributed by atoms with Gasteiger partial charge in [0.05, 0.1) is 6.61 Å². The lowest BCUT2D eigenvalue weighted by Gasteiger charge is -2.11. The first kappa shape index (κ1) is 19.7. The fraction of sp³-hybridized carbons (Fsp3) is 0.304. The summed E-state index contributed by atoms with van der Waals surface area (Å²) in [5.74, 6) is 1.80. The molecule has 2 aromatic carbocycles. The highest BCUT2D eigenvalue weighted by Gasteiger charge is 2.08. The third kappa shape index (κ3) is 5.98. The van der Waals surface area contributed by atoms with Crippen LogP contribution in [-0.2, 0) is 6.61 Å². The summed E-state index contributed by atoms with van der Waals surface area (Å²) < 4.78 is 11.2. The van der Waals surface area contributed by atoms with Crippen LogP contribution in [0.2, 0.25) is 0 Å². The predicted molar refractivity (Wildman–Crippen MR) is 111 cm³/mol. The SMILES string of the molecule is CCOc1ccc(OCc2ccc(C(=O)N/N=C\[C@H]3CC=CCC3)cc2)cc1. The molecule has 0 radical (unpaired) electrons. The highest BCUT2D eigenvalue weighted by atomic mass is 16.5. The third-order valence-electron chi connectivity index (χ3n) is 4.52. The van der Waals surface area contributed by atoms with Crippen molar-refractivity contribution in [2.75, 3.05) is 6.61 Å². The van der Waals surface area contributed by atoms with E-state index in [4.69, 9.17) is 9.47 Å². The summed E-state index contributed by atoms with van der Waals surface area (Å²) >= 11 is 0. The van der Waals surface area contributed by atoms with Gasteiger partial charge < -0.3 is 9.47 Å². The van der Waals surface area contributed by atoms with Crippen LogP contribution in [-0.4, -0.2) is 18.7 Å². The van der Waals surface area contributed by atoms with Crippen LogP contribution in [0, 0.1) is 5.92 Å². The maximum Gasteiger partial charge on any atom is 0.271 e. The van der Waals surface area contributed by atoms with Crippen molar-refractivity contribution in [3.05, 3.63) is 71.8 Å². The van der Waals surface area contributed by atoms with Crippen molar-refractivity contribution < 1.29 is 14.3 Å². The van der Waals surface area contributed by atoms with E-state index in [1.54, 1.807) is 12.1 Å². The summed E-state index contributed by atoms with van der Waals surface area (Å²) in [6, 6.07) is 14.9. The summed E-state index contributed by atoms with van der Waals surface area (Å²) in [5.41, 5.74) is 4.17. The van der Waals surface area contributed by atoms with Gasteiger partial charge >= 0.3 is 0 Å². The van der Waals surface area contributed by atoms with Gasteiger partial charge in [0.1, 0.15) is 18.1 Å². The normalized spacial score (nSPS) is 16.1. The summed E-state index contributed by atoms with van der Waals surface area (Å²) in [4.78, 5) is 12.2. The zero-order chi connectivity index (χ0) is 19.6. The third-order valence-corrected chi connectivity index (χ3v) is 4.52. The number of hydrogen-bond donors (Lipinski definition) is 1. The summed E-state index contributed by atoms with van der Waals surface area (Å²) in [6.45, 7) is 3.03. The van der Waals surface area contributed by atoms with Crippen LogP contribution in [0.3, 0.4) is 0 Å². The van der Waals surface area contributed by atoms with Crippen molar-refractivity contribution in [2.45, 2.75) is 32.8 Å². The Bertz CT molecular complexity index is 811. The molecule has 28 heavy (non-hydrogen) atoms. The van der Waals surface area contributed by atoms with Gasteiger partial charge in [0.25, 0.3) is 5.91 Å². The minimum absolute atomic E-state index is 0.207. The van der Waals surface area contributed by atoms with Crippen LogP contribution in [0.15, 0.2) is 65.8 Å². The largest absolute Gasteiger partial charge is 0.494 e. The average Bonchev–Trinajstić information content (AvgIpc) is 2.74. The maximum absolute atomic E-state index is 12.2. The van der Waals surface area contributed by atoms with Gasteiger partial charge in [-0.1, -0.05) is 24.3 Å². The van der Waals surface area contributed by atoms with Crippen LogP contribution >= 0.6 is 0 Å². The number of amides is 1. The van der Waals surface area contributed by atoms with Crippen molar-refractivity contribution >= 4 is 12.1 Å². The number of benzene rings is 2. The molecule has 5 heteroatoms. The molecule has 1 atom stereocenters. The second-order valence-electron chi connectivity index (χ2n) is 6.65. The summed E-state index contributed by atoms with van der Waals surface area (Å²) in [5, 5.41) is 4.10. The Labute approximate surface area is 166 Å². The number of rotatable bonds is 8. The molecular formula is C23H26N2O3. The van der Waals surface area contributed by atoms with Gasteiger partial charge in [-0.15, -0.1) is 0 Å². The van der Waals surface area contributed by atoms with Crippen molar-refractivity contribution in [3.8, 4) is 11.5 Å². The number of ether oxygens (including phenoxy) is 2. The molecule has 0 spiro atoms. The smallest absolute Gasteiger partial charge is 0.271 e. The van der Waals surface area contributed by atoms with Crippen LogP contribution < -0.4 is 14.9 Å². The highest BCUT2D eigenvalue weighted by Crippen LogP contribution is 2.19. The molecule has 5 nitrogen and oxygen atoms in total. The van der Waals surface area contributed by atoms with E-state index in [9.17, 15) is 4.79 Å². The number of carbonyl (C=O) groups excluding carboxylic acids is 1. The standard InChI is InChI=1S/C23H26N2O3/c1-2-27-21-12-14-22(15-13-21)28-17-19-8-10-20(11-9-19)23(26)25-24-16-18-6-4-3-5-7-18/h3-4,8-16,18H,2,5-7,17H2,1H3,(H,25,26)/b24-16-/t18-/m0/s1. The van der Waals surface area contributed by atoms with Gasteiger partial charge in [0, 0.05) is 11.8 Å². The van der Waals surface area contributed by atoms with Crippen LogP contribution in [0.5, 0.6) is 11.5 Å². The van der Waals surface area contributed by atoms with Gasteiger partial charge in [-0.2, -0.15) is 5.10 Å². The second-order valence-corrected chi connectivity index (χ2v) is 6.65. The van der Waals surface area contributed by atoms with Gasteiger partial charge in [0.2, 0.25) is 0 Å². The molecule has 0 saturated carbocycles. The van der Waals surface area contributed by atoms with E-state index in [2.05, 4.69) is 22.7 Å². The van der Waals surface area contributed by atoms with Crippen molar-refractivity contribution in [3.63, 3.8) is 0 Å². The van der Waals surface area contributed by atoms with Crippen molar-refractivity contribution in [1.29, 1.82) is 0 Å². The van der Waals surface area contributed by atoms with Crippen LogP contribution in [0.4, 0.5) is 0 Å². The average molecular weight is 378 g/mol.